The van der Waals surface area contributed by atoms with Crippen molar-refractivity contribution >= 4 is 147 Å². The summed E-state index contributed by atoms with van der Waals surface area (Å²) >= 11 is 25.5. The molecule has 33 nitrogen and oxygen atoms in total. The third-order valence-corrected chi connectivity index (χ3v) is 25.0. The fourth-order valence-electron chi connectivity index (χ4n) is 16.9. The average Bonchev–Trinajstić information content (AvgIpc) is 1.35. The summed E-state index contributed by atoms with van der Waals surface area (Å²) < 4.78 is 111. The van der Waals surface area contributed by atoms with Crippen LogP contribution in [0.3, 0.4) is 0 Å². The molecule has 15 heterocycles. The summed E-state index contributed by atoms with van der Waals surface area (Å²) in [6.07, 6.45) is 11.8. The molecule has 0 aliphatic carbocycles. The van der Waals surface area contributed by atoms with Gasteiger partial charge in [0.1, 0.15) is 96.3 Å². The fourth-order valence-corrected chi connectivity index (χ4v) is 17.7. The maximum absolute atomic E-state index is 15.7. The van der Waals surface area contributed by atoms with E-state index < -0.39 is 35.4 Å². The van der Waals surface area contributed by atoms with E-state index in [1.54, 1.807) is 39.1 Å². The Hall–Kier alpha value is -12.7. The first-order valence-corrected chi connectivity index (χ1v) is 43.5. The van der Waals surface area contributed by atoms with E-state index in [-0.39, 0.29) is 115 Å². The Kier molecular flexibility index (Phi) is 26.2. The lowest BCUT2D eigenvalue weighted by Gasteiger charge is -2.36. The highest BCUT2D eigenvalue weighted by Gasteiger charge is 2.40. The highest BCUT2D eigenvalue weighted by molar-refractivity contribution is 6.34. The van der Waals surface area contributed by atoms with Gasteiger partial charge in [0.2, 0.25) is 35.4 Å². The molecule has 3 amide bonds. The molecule has 5 fully saturated rings. The van der Waals surface area contributed by atoms with Crippen LogP contribution >= 0.6 is 46.4 Å². The summed E-state index contributed by atoms with van der Waals surface area (Å²) in [4.78, 5) is 95.6. The van der Waals surface area contributed by atoms with Crippen molar-refractivity contribution < 1.29 is 64.8 Å². The van der Waals surface area contributed by atoms with E-state index in [9.17, 15) is 31.9 Å². The Labute approximate surface area is 760 Å². The number of halogens is 9. The van der Waals surface area contributed by atoms with E-state index in [0.29, 0.717) is 188 Å². The van der Waals surface area contributed by atoms with E-state index in [0.717, 1.165) is 38.2 Å². The number of aromatic nitrogens is 15. The fraction of sp³-hybridized carbons (Fsp3) is 0.352. The van der Waals surface area contributed by atoms with Gasteiger partial charge < -0.3 is 67.6 Å². The smallest absolute Gasteiger partial charge is 0.324 e. The number of carbonyl (C=O) groups excluding carboxylic acids is 3. The summed E-state index contributed by atoms with van der Waals surface area (Å²) in [5.74, 6) is -0.445. The van der Waals surface area contributed by atoms with Crippen LogP contribution in [0.2, 0.25) is 20.2 Å². The number of hydrogen-bond acceptors (Lipinski definition) is 27. The Morgan fingerprint density at radius 3 is 1.49 bits per heavy atom. The quantitative estimate of drug-likeness (QED) is 0.0342. The van der Waals surface area contributed by atoms with Crippen LogP contribution in [0.5, 0.6) is 58.7 Å². The number of pyridine rings is 3. The van der Waals surface area contributed by atoms with Crippen molar-refractivity contribution in [1.82, 2.24) is 105 Å². The first-order valence-electron chi connectivity index (χ1n) is 42.0. The first-order chi connectivity index (χ1) is 62.8. The van der Waals surface area contributed by atoms with Crippen molar-refractivity contribution in [3.05, 3.63) is 172 Å². The van der Waals surface area contributed by atoms with Crippen molar-refractivity contribution in [2.75, 3.05) is 153 Å². The molecule has 6 aliphatic heterocycles. The van der Waals surface area contributed by atoms with Crippen molar-refractivity contribution in [2.24, 2.45) is 5.92 Å². The zero-order valence-corrected chi connectivity index (χ0v) is 73.9. The van der Waals surface area contributed by atoms with E-state index in [1.165, 1.54) is 73.7 Å². The minimum Gasteiger partial charge on any atom is -0.460 e. The van der Waals surface area contributed by atoms with Crippen molar-refractivity contribution in [3.8, 4) is 58.7 Å². The third-order valence-electron chi connectivity index (χ3n) is 23.7. The van der Waals surface area contributed by atoms with Gasteiger partial charge in [-0.25, -0.2) is 31.9 Å². The number of anilines is 3. The van der Waals surface area contributed by atoms with Gasteiger partial charge in [-0.2, -0.15) is 50.2 Å². The van der Waals surface area contributed by atoms with Crippen LogP contribution < -0.4 is 43.1 Å². The number of benzene rings is 4. The number of carbonyl (C=O) groups is 3. The number of rotatable bonds is 21. The normalized spacial score (nSPS) is 18.4. The zero-order valence-electron chi connectivity index (χ0n) is 70.9. The minimum absolute atomic E-state index is 0.0309. The number of fused-ring (bicyclic) bond motifs is 7. The number of nitrogens with zero attached hydrogens (tertiary/aromatic N) is 21. The second-order valence-electron chi connectivity index (χ2n) is 32.1. The van der Waals surface area contributed by atoms with Gasteiger partial charge in [-0.3, -0.25) is 34.6 Å². The van der Waals surface area contributed by atoms with Crippen LogP contribution in [0.15, 0.2) is 124 Å². The molecular formula is C88H87Cl4F5N24O9. The molecule has 19 rings (SSSR count). The molecule has 13 aromatic rings. The number of H-pyrrole nitrogens is 3. The van der Waals surface area contributed by atoms with Gasteiger partial charge in [-0.15, -0.1) is 0 Å². The van der Waals surface area contributed by atoms with E-state index in [1.807, 2.05) is 45.8 Å². The number of amides is 3. The summed E-state index contributed by atoms with van der Waals surface area (Å²) in [5, 5.41) is 22.5. The maximum atomic E-state index is 15.7. The summed E-state index contributed by atoms with van der Waals surface area (Å²) in [5.41, 5.74) is 2.79. The van der Waals surface area contributed by atoms with Crippen LogP contribution in [0.1, 0.15) is 37.8 Å². The van der Waals surface area contributed by atoms with Gasteiger partial charge in [0.25, 0.3) is 0 Å². The number of likely N-dealkylation sites (tertiary alicyclic amines) is 2. The van der Waals surface area contributed by atoms with Gasteiger partial charge in [-0.05, 0) is 101 Å². The number of aromatic amines is 3. The molecule has 9 aromatic heterocycles. The largest absolute Gasteiger partial charge is 0.460 e. The predicted octanol–water partition coefficient (Wildman–Crippen LogP) is 14.3. The van der Waals surface area contributed by atoms with Crippen LogP contribution in [-0.2, 0) is 27.3 Å². The third kappa shape index (κ3) is 18.6. The molecule has 0 saturated carbocycles. The molecule has 3 N–H and O–H groups in total. The van der Waals surface area contributed by atoms with Crippen LogP contribution in [0, 0.1) is 23.4 Å². The number of ether oxygens (including phenoxy) is 6. The summed E-state index contributed by atoms with van der Waals surface area (Å²) in [7, 11) is 3.77. The van der Waals surface area contributed by atoms with Crippen molar-refractivity contribution in [3.63, 3.8) is 0 Å². The maximum Gasteiger partial charge on any atom is 0.324 e. The SMILES string of the molecule is C=CC(=O)N1CCN(c2nc(OC3CN(C)C[C@H]3C(C)F)nc3c(Oc4c(Cl)c(F)cc5[nH]ncc45)nccc23)CC1.C=CC(=O)N1CCN(c2nc(OC[C@]3(F)CCCN(C)C3)nc3c(Oc4c(Cl)c(F)cc5[nH]ncc45)nc(Cl)cc23)CC1.C=CC(=O)N1CCN(c2nc(Oc3cccc4c3CCN(CC)C4)nc3c(Oc4c(Cl)c(F)cc5[nH]ncc45)nccc23)CC1. The number of piperidine rings is 1. The van der Waals surface area contributed by atoms with Crippen molar-refractivity contribution in [1.29, 1.82) is 0 Å². The molecule has 676 valence electrons. The molecule has 130 heavy (non-hydrogen) atoms. The molecular weight excluding hydrogens is 1770 g/mol. The molecule has 2 unspecified atom stereocenters. The second-order valence-corrected chi connectivity index (χ2v) is 33.6. The Morgan fingerprint density at radius 1 is 0.546 bits per heavy atom. The standard InChI is InChI=1S/C32H30ClFN8O3.C28H28Cl2F2N8O3.C28H29ClF2N8O3/c1-3-26(43)41-12-14-42(15-13-41)30-21-8-10-35-31(45-29-22-17-36-39-24(22)16-23(34)27(29)33)28(21)37-32(38-30)44-25-7-5-6-19-18-40(4-2)11-9-20(19)25;1-3-21(41)39-7-9-40(10-8-39)25-16-11-20(29)34-26(43-24-17-13-33-37-19(17)12-18(31)22(24)30)23(16)35-27(36-25)42-15-28(32)5-4-6-38(2)14-28;1-4-22(40)38-7-9-39(10-8-38)26-16-5-6-32-27(42-25-17-12-33-36-20(17)11-19(31)23(25)29)24(16)34-28(35-26)41-21-14-37(3)13-18(21)15(2)30/h3,5-8,10,16-17H,1,4,9,11-15,18H2,2H3,(H,36,39);3,11-13H,1,4-10,14-15H2,2H3,(H,33,37);4-6,11-12,15,18,21H,1,7-10,13-14H2,2-3H3,(H,33,36)/t;28-;15?,18-,21?/m.00/s1. The number of likely N-dealkylation sites (N-methyl/N-ethyl adjacent to an activating group) is 2. The summed E-state index contributed by atoms with van der Waals surface area (Å²) in [6, 6.07) is 14.9. The highest BCUT2D eigenvalue weighted by Crippen LogP contribution is 2.47. The summed E-state index contributed by atoms with van der Waals surface area (Å²) in [6.45, 7) is 24.7. The Morgan fingerprint density at radius 2 is 1.01 bits per heavy atom. The Bertz CT molecular complexity index is 6540. The average molecular weight is 1860 g/mol. The number of nitrogens with one attached hydrogen (secondary N) is 3. The molecule has 0 bridgehead atoms. The van der Waals surface area contributed by atoms with E-state index in [4.69, 9.17) is 89.8 Å². The lowest BCUT2D eigenvalue weighted by molar-refractivity contribution is -0.127. The van der Waals surface area contributed by atoms with Gasteiger partial charge in [0.15, 0.2) is 22.9 Å². The van der Waals surface area contributed by atoms with E-state index in [2.05, 4.69) is 103 Å². The van der Waals surface area contributed by atoms with Crippen LogP contribution in [-0.4, -0.2) is 279 Å². The predicted molar refractivity (Wildman–Crippen MR) is 481 cm³/mol. The van der Waals surface area contributed by atoms with Crippen LogP contribution in [0.4, 0.5) is 39.4 Å². The molecule has 42 heteroatoms. The first kappa shape index (κ1) is 89.3. The lowest BCUT2D eigenvalue weighted by Crippen LogP contribution is -2.48. The van der Waals surface area contributed by atoms with Crippen LogP contribution in [0.25, 0.3) is 65.4 Å². The molecule has 0 radical (unpaired) electrons. The molecule has 4 aromatic carbocycles. The number of alkyl halides is 2. The monoisotopic (exact) mass is 1860 g/mol. The number of piperazine rings is 3. The molecule has 0 spiro atoms. The minimum atomic E-state index is -1.58. The molecule has 4 atom stereocenters. The molecule has 6 aliphatic rings. The Balaban J connectivity index is 0.000000137. The van der Waals surface area contributed by atoms with E-state index >= 15 is 4.39 Å². The van der Waals surface area contributed by atoms with Gasteiger partial charge in [-0.1, -0.05) is 85.2 Å². The lowest BCUT2D eigenvalue weighted by atomic mass is 9.96. The zero-order chi connectivity index (χ0) is 90.9. The second kappa shape index (κ2) is 38.1. The van der Waals surface area contributed by atoms with Gasteiger partial charge >= 0.3 is 18.0 Å². The molecule has 5 saturated heterocycles. The highest BCUT2D eigenvalue weighted by atomic mass is 35.5. The van der Waals surface area contributed by atoms with Gasteiger partial charge in [0.05, 0.1) is 67.5 Å². The van der Waals surface area contributed by atoms with Crippen molar-refractivity contribution in [2.45, 2.75) is 57.6 Å². The topological polar surface area (TPSA) is 338 Å². The van der Waals surface area contributed by atoms with Gasteiger partial charge in [0, 0.05) is 153 Å². The number of hydrogen-bond donors (Lipinski definition) is 3.